The second-order valence-electron chi connectivity index (χ2n) is 7.62. The van der Waals surface area contributed by atoms with Gasteiger partial charge in [0, 0.05) is 17.3 Å². The number of hydrogen-bond acceptors (Lipinski definition) is 4. The van der Waals surface area contributed by atoms with E-state index in [9.17, 15) is 18.0 Å². The molecule has 1 aromatic rings. The van der Waals surface area contributed by atoms with Gasteiger partial charge in [0.05, 0.1) is 5.75 Å². The monoisotopic (exact) mass is 385 g/mol. The molecule has 2 saturated carbocycles. The Labute approximate surface area is 154 Å². The molecule has 2 bridgehead atoms. The summed E-state index contributed by atoms with van der Waals surface area (Å²) in [6.07, 6.45) is 2.68. The number of nitrogens with one attached hydrogen (secondary N) is 1. The summed E-state index contributed by atoms with van der Waals surface area (Å²) < 4.78 is 40.0. The zero-order valence-electron chi connectivity index (χ0n) is 14.4. The van der Waals surface area contributed by atoms with Gasteiger partial charge in [0.2, 0.25) is 5.91 Å². The van der Waals surface area contributed by atoms with E-state index in [1.165, 1.54) is 19.3 Å². The predicted octanol–water partition coefficient (Wildman–Crippen LogP) is 3.77. The zero-order chi connectivity index (χ0) is 18.3. The highest BCUT2D eigenvalue weighted by Crippen LogP contribution is 2.44. The van der Waals surface area contributed by atoms with E-state index in [2.05, 4.69) is 15.3 Å². The fraction of sp³-hybridized carbons (Fsp3) is 0.722. The molecule has 1 N–H and O–H groups in total. The molecular weight excluding hydrogens is 363 g/mol. The Bertz CT molecular complexity index is 710. The van der Waals surface area contributed by atoms with Gasteiger partial charge in [-0.3, -0.25) is 4.79 Å². The van der Waals surface area contributed by atoms with Crippen LogP contribution in [0.15, 0.2) is 5.16 Å². The van der Waals surface area contributed by atoms with Crippen LogP contribution >= 0.6 is 11.8 Å². The van der Waals surface area contributed by atoms with Crippen molar-refractivity contribution in [2.75, 3.05) is 5.75 Å². The van der Waals surface area contributed by atoms with Gasteiger partial charge in [-0.1, -0.05) is 18.2 Å². The molecule has 3 aliphatic carbocycles. The first-order valence-electron chi connectivity index (χ1n) is 9.29. The van der Waals surface area contributed by atoms with Gasteiger partial charge in [-0.15, -0.1) is 0 Å². The van der Waals surface area contributed by atoms with Crippen molar-refractivity contribution < 1.29 is 18.0 Å². The maximum Gasteiger partial charge on any atom is 0.433 e. The molecule has 0 aliphatic heterocycles. The average molecular weight is 385 g/mol. The molecule has 1 amide bonds. The van der Waals surface area contributed by atoms with Crippen molar-refractivity contribution in [3.05, 3.63) is 17.0 Å². The topological polar surface area (TPSA) is 54.9 Å². The summed E-state index contributed by atoms with van der Waals surface area (Å²) in [5.41, 5.74) is -0.0904. The number of rotatable bonds is 4. The van der Waals surface area contributed by atoms with Gasteiger partial charge in [0.1, 0.15) is 0 Å². The molecule has 142 valence electrons. The molecule has 4 rings (SSSR count). The van der Waals surface area contributed by atoms with Crippen molar-refractivity contribution in [2.24, 2.45) is 11.8 Å². The summed E-state index contributed by atoms with van der Waals surface area (Å²) in [7, 11) is 0. The Morgan fingerprint density at radius 3 is 2.65 bits per heavy atom. The lowest BCUT2D eigenvalue weighted by atomic mass is 9.94. The van der Waals surface area contributed by atoms with Crippen molar-refractivity contribution in [2.45, 2.75) is 68.7 Å². The average Bonchev–Trinajstić information content (AvgIpc) is 3.21. The number of alkyl halides is 3. The van der Waals surface area contributed by atoms with Crippen molar-refractivity contribution in [1.29, 1.82) is 0 Å². The van der Waals surface area contributed by atoms with Crippen molar-refractivity contribution in [3.63, 3.8) is 0 Å². The van der Waals surface area contributed by atoms with Crippen LogP contribution in [-0.2, 0) is 23.8 Å². The number of carbonyl (C=O) groups is 1. The van der Waals surface area contributed by atoms with Gasteiger partial charge in [0.15, 0.2) is 10.9 Å². The molecule has 3 unspecified atom stereocenters. The minimum atomic E-state index is -4.48. The third-order valence-corrected chi connectivity index (χ3v) is 6.70. The lowest BCUT2D eigenvalue weighted by Crippen LogP contribution is -2.39. The number of halogens is 3. The molecule has 2 fully saturated rings. The van der Waals surface area contributed by atoms with Crippen LogP contribution in [0.3, 0.4) is 0 Å². The highest BCUT2D eigenvalue weighted by atomic mass is 32.2. The lowest BCUT2D eigenvalue weighted by molar-refractivity contribution is -0.142. The summed E-state index contributed by atoms with van der Waals surface area (Å²) in [4.78, 5) is 20.3. The first-order chi connectivity index (χ1) is 12.4. The number of aromatic nitrogens is 2. The summed E-state index contributed by atoms with van der Waals surface area (Å²) in [6.45, 7) is 0. The van der Waals surface area contributed by atoms with Crippen LogP contribution in [0, 0.1) is 11.8 Å². The smallest absolute Gasteiger partial charge is 0.352 e. The second kappa shape index (κ2) is 7.02. The van der Waals surface area contributed by atoms with Crippen LogP contribution in [0.1, 0.15) is 55.5 Å². The Balaban J connectivity index is 1.42. The number of aryl methyl sites for hydroxylation is 1. The van der Waals surface area contributed by atoms with Crippen LogP contribution in [-0.4, -0.2) is 27.7 Å². The number of carbonyl (C=O) groups excluding carboxylic acids is 1. The summed E-state index contributed by atoms with van der Waals surface area (Å²) in [5, 5.41) is 3.11. The Kier molecular flexibility index (Phi) is 4.88. The van der Waals surface area contributed by atoms with Gasteiger partial charge in [-0.25, -0.2) is 9.97 Å². The van der Waals surface area contributed by atoms with E-state index in [0.717, 1.165) is 36.9 Å². The predicted molar refractivity (Wildman–Crippen MR) is 91.8 cm³/mol. The minimum Gasteiger partial charge on any atom is -0.352 e. The molecular formula is C18H22F3N3OS. The molecule has 1 heterocycles. The van der Waals surface area contributed by atoms with E-state index >= 15 is 0 Å². The van der Waals surface area contributed by atoms with E-state index < -0.39 is 11.9 Å². The molecule has 8 heteroatoms. The van der Waals surface area contributed by atoms with E-state index in [0.29, 0.717) is 24.5 Å². The molecule has 1 aromatic heterocycles. The first kappa shape index (κ1) is 18.1. The van der Waals surface area contributed by atoms with Crippen molar-refractivity contribution in [3.8, 4) is 0 Å². The van der Waals surface area contributed by atoms with Crippen LogP contribution in [0.5, 0.6) is 0 Å². The maximum absolute atomic E-state index is 13.3. The number of thioether (sulfide) groups is 1. The first-order valence-corrected chi connectivity index (χ1v) is 10.3. The molecule has 0 radical (unpaired) electrons. The normalized spacial score (nSPS) is 27.4. The van der Waals surface area contributed by atoms with Crippen molar-refractivity contribution in [1.82, 2.24) is 15.3 Å². The standard InChI is InChI=1S/C18H22F3N3OS/c19-18(20,21)16-12-3-1-2-4-13(12)23-17(24-16)26-9-15(25)22-14-8-10-5-6-11(14)7-10/h10-11,14H,1-9H2,(H,22,25). The van der Waals surface area contributed by atoms with Gasteiger partial charge >= 0.3 is 6.18 Å². The summed E-state index contributed by atoms with van der Waals surface area (Å²) in [5.74, 6) is 1.23. The molecule has 3 aliphatic rings. The van der Waals surface area contributed by atoms with Gasteiger partial charge < -0.3 is 5.32 Å². The molecule has 0 saturated heterocycles. The highest BCUT2D eigenvalue weighted by Gasteiger charge is 2.40. The molecule has 4 nitrogen and oxygen atoms in total. The van der Waals surface area contributed by atoms with Gasteiger partial charge in [-0.2, -0.15) is 13.2 Å². The maximum atomic E-state index is 13.3. The SMILES string of the molecule is O=C(CSc1nc2c(c(C(F)(F)F)n1)CCCC2)NC1CC2CCC1C2. The molecule has 0 spiro atoms. The highest BCUT2D eigenvalue weighted by molar-refractivity contribution is 7.99. The van der Waals surface area contributed by atoms with Crippen LogP contribution in [0.4, 0.5) is 13.2 Å². The Morgan fingerprint density at radius 1 is 1.15 bits per heavy atom. The molecule has 0 aromatic carbocycles. The van der Waals surface area contributed by atoms with Crippen LogP contribution in [0.2, 0.25) is 0 Å². The minimum absolute atomic E-state index is 0.0565. The fourth-order valence-corrected chi connectivity index (χ4v) is 5.34. The molecule has 26 heavy (non-hydrogen) atoms. The third kappa shape index (κ3) is 3.70. The van der Waals surface area contributed by atoms with E-state index in [1.54, 1.807) is 0 Å². The summed E-state index contributed by atoms with van der Waals surface area (Å²) in [6, 6.07) is 0.233. The largest absolute Gasteiger partial charge is 0.433 e. The third-order valence-electron chi connectivity index (χ3n) is 5.85. The zero-order valence-corrected chi connectivity index (χ0v) is 15.3. The van der Waals surface area contributed by atoms with E-state index in [-0.39, 0.29) is 28.4 Å². The summed E-state index contributed by atoms with van der Waals surface area (Å²) >= 11 is 1.00. The van der Waals surface area contributed by atoms with Gasteiger partial charge in [-0.05, 0) is 56.8 Å². The van der Waals surface area contributed by atoms with Crippen LogP contribution < -0.4 is 5.32 Å². The van der Waals surface area contributed by atoms with Gasteiger partial charge in [0.25, 0.3) is 0 Å². The lowest BCUT2D eigenvalue weighted by Gasteiger charge is -2.23. The van der Waals surface area contributed by atoms with Crippen molar-refractivity contribution >= 4 is 17.7 Å². The number of fused-ring (bicyclic) bond motifs is 3. The van der Waals surface area contributed by atoms with E-state index in [1.807, 2.05) is 0 Å². The molecule has 3 atom stereocenters. The number of hydrogen-bond donors (Lipinski definition) is 1. The number of nitrogens with zero attached hydrogens (tertiary/aromatic N) is 2. The fourth-order valence-electron chi connectivity index (χ4n) is 4.67. The van der Waals surface area contributed by atoms with Crippen LogP contribution in [0.25, 0.3) is 0 Å². The second-order valence-corrected chi connectivity index (χ2v) is 8.56. The van der Waals surface area contributed by atoms with E-state index in [4.69, 9.17) is 0 Å². The number of amides is 1. The Hall–Kier alpha value is -1.31. The Morgan fingerprint density at radius 2 is 1.96 bits per heavy atom. The quantitative estimate of drug-likeness (QED) is 0.633.